The number of phenolic OH excluding ortho intramolecular Hbond substituents is 1. The lowest BCUT2D eigenvalue weighted by Crippen LogP contribution is -2.54. The molecule has 1 saturated heterocycles. The van der Waals surface area contributed by atoms with E-state index in [0.717, 1.165) is 22.4 Å². The first-order valence-corrected chi connectivity index (χ1v) is 12.3. The quantitative estimate of drug-likeness (QED) is 0.363. The number of benzene rings is 2. The van der Waals surface area contributed by atoms with Crippen LogP contribution in [0.3, 0.4) is 0 Å². The number of rotatable bonds is 8. The Labute approximate surface area is 210 Å². The maximum Gasteiger partial charge on any atom is 0.186 e. The molecule has 1 fully saturated rings. The lowest BCUT2D eigenvalue weighted by atomic mass is 9.67. The molecule has 198 valence electrons. The number of aliphatic hydroxyl groups is 4. The van der Waals surface area contributed by atoms with Gasteiger partial charge in [-0.25, -0.2) is 0 Å². The molecular formula is C27H36O9. The van der Waals surface area contributed by atoms with E-state index in [1.165, 1.54) is 7.11 Å². The second kappa shape index (κ2) is 11.3. The highest BCUT2D eigenvalue weighted by Crippen LogP contribution is 2.46. The number of fused-ring (bicyclic) bond motifs is 1. The van der Waals surface area contributed by atoms with E-state index in [4.69, 9.17) is 18.9 Å². The van der Waals surface area contributed by atoms with Gasteiger partial charge in [-0.1, -0.05) is 12.1 Å². The van der Waals surface area contributed by atoms with Crippen molar-refractivity contribution in [3.8, 4) is 17.2 Å². The van der Waals surface area contributed by atoms with Gasteiger partial charge in [-0.05, 0) is 73.1 Å². The minimum atomic E-state index is -1.41. The molecule has 0 aromatic heterocycles. The summed E-state index contributed by atoms with van der Waals surface area (Å²) in [7, 11) is 1.49. The standard InChI is InChI=1S/C27H36O9/c1-14(2)36-18-6-4-15-8-17(11-28)20(12-34-27-26(32)25(31)22(30)13-35-27)24(19(15)10-18)16-5-7-21(29)23(9-16)33-3/h4-7,9-10,14,17,20,22,24-32H,8,11-13H2,1-3H3/t17-,20-,22-,24?,25+,26-,27-/m1/s1. The number of ether oxygens (including phenoxy) is 4. The molecule has 0 spiro atoms. The van der Waals surface area contributed by atoms with Crippen molar-refractivity contribution in [2.75, 3.05) is 26.9 Å². The smallest absolute Gasteiger partial charge is 0.186 e. The largest absolute Gasteiger partial charge is 0.504 e. The van der Waals surface area contributed by atoms with E-state index in [9.17, 15) is 25.5 Å². The molecule has 36 heavy (non-hydrogen) atoms. The zero-order valence-corrected chi connectivity index (χ0v) is 20.8. The molecule has 2 aliphatic rings. The van der Waals surface area contributed by atoms with E-state index in [-0.39, 0.29) is 49.4 Å². The van der Waals surface area contributed by atoms with Crippen LogP contribution in [0.25, 0.3) is 0 Å². The fraction of sp³-hybridized carbons (Fsp3) is 0.556. The van der Waals surface area contributed by atoms with Gasteiger partial charge in [0.2, 0.25) is 0 Å². The summed E-state index contributed by atoms with van der Waals surface area (Å²) in [6.07, 6.45) is -4.48. The molecule has 2 aromatic rings. The number of aliphatic hydroxyl groups excluding tert-OH is 4. The highest BCUT2D eigenvalue weighted by atomic mass is 16.7. The average Bonchev–Trinajstić information content (AvgIpc) is 2.86. The van der Waals surface area contributed by atoms with Gasteiger partial charge in [-0.3, -0.25) is 0 Å². The summed E-state index contributed by atoms with van der Waals surface area (Å²) in [4.78, 5) is 0. The molecule has 0 bridgehead atoms. The summed E-state index contributed by atoms with van der Waals surface area (Å²) in [6, 6.07) is 11.1. The predicted octanol–water partition coefficient (Wildman–Crippen LogP) is 1.56. The van der Waals surface area contributed by atoms with Gasteiger partial charge in [0.15, 0.2) is 17.8 Å². The zero-order chi connectivity index (χ0) is 26.0. The summed E-state index contributed by atoms with van der Waals surface area (Å²) in [5, 5.41) is 50.7. The Morgan fingerprint density at radius 1 is 1.06 bits per heavy atom. The Balaban J connectivity index is 1.72. The Morgan fingerprint density at radius 2 is 1.83 bits per heavy atom. The fourth-order valence-electron chi connectivity index (χ4n) is 5.21. The second-order valence-electron chi connectivity index (χ2n) is 9.83. The molecule has 1 aliphatic carbocycles. The van der Waals surface area contributed by atoms with Crippen LogP contribution in [-0.4, -0.2) is 83.2 Å². The molecule has 1 heterocycles. The molecule has 9 heteroatoms. The van der Waals surface area contributed by atoms with Crippen molar-refractivity contribution in [3.63, 3.8) is 0 Å². The van der Waals surface area contributed by atoms with E-state index in [1.807, 2.05) is 38.1 Å². The predicted molar refractivity (Wildman–Crippen MR) is 130 cm³/mol. The van der Waals surface area contributed by atoms with Crippen LogP contribution in [0.1, 0.15) is 36.5 Å². The Kier molecular flexibility index (Phi) is 8.39. The minimum Gasteiger partial charge on any atom is -0.504 e. The van der Waals surface area contributed by atoms with Crippen LogP contribution >= 0.6 is 0 Å². The lowest BCUT2D eigenvalue weighted by Gasteiger charge is -2.41. The Morgan fingerprint density at radius 3 is 2.53 bits per heavy atom. The molecular weight excluding hydrogens is 468 g/mol. The van der Waals surface area contributed by atoms with E-state index in [1.54, 1.807) is 12.1 Å². The first kappa shape index (κ1) is 26.7. The normalized spacial score (nSPS) is 30.2. The molecule has 2 aromatic carbocycles. The van der Waals surface area contributed by atoms with Gasteiger partial charge in [-0.2, -0.15) is 0 Å². The molecule has 1 aliphatic heterocycles. The summed E-state index contributed by atoms with van der Waals surface area (Å²) in [6.45, 7) is 3.79. The van der Waals surface area contributed by atoms with Gasteiger partial charge in [0.05, 0.1) is 26.4 Å². The summed E-state index contributed by atoms with van der Waals surface area (Å²) >= 11 is 0. The maximum atomic E-state index is 10.4. The molecule has 5 N–H and O–H groups in total. The summed E-state index contributed by atoms with van der Waals surface area (Å²) in [5.41, 5.74) is 2.95. The lowest BCUT2D eigenvalue weighted by molar-refractivity contribution is -0.274. The number of methoxy groups -OCH3 is 1. The van der Waals surface area contributed by atoms with Crippen LogP contribution in [0, 0.1) is 11.8 Å². The van der Waals surface area contributed by atoms with Gasteiger partial charge in [-0.15, -0.1) is 0 Å². The zero-order valence-electron chi connectivity index (χ0n) is 20.8. The van der Waals surface area contributed by atoms with Gasteiger partial charge < -0.3 is 44.5 Å². The number of phenols is 1. The molecule has 0 radical (unpaired) electrons. The van der Waals surface area contributed by atoms with Gasteiger partial charge >= 0.3 is 0 Å². The van der Waals surface area contributed by atoms with Crippen molar-refractivity contribution in [3.05, 3.63) is 53.1 Å². The number of aromatic hydroxyl groups is 1. The van der Waals surface area contributed by atoms with Crippen molar-refractivity contribution in [1.29, 1.82) is 0 Å². The summed E-state index contributed by atoms with van der Waals surface area (Å²) < 4.78 is 22.7. The third kappa shape index (κ3) is 5.46. The number of hydrogen-bond donors (Lipinski definition) is 5. The van der Waals surface area contributed by atoms with Crippen molar-refractivity contribution in [2.24, 2.45) is 11.8 Å². The van der Waals surface area contributed by atoms with Crippen molar-refractivity contribution < 1.29 is 44.5 Å². The Bertz CT molecular complexity index is 1030. The third-order valence-corrected chi connectivity index (χ3v) is 7.04. The maximum absolute atomic E-state index is 10.4. The van der Waals surface area contributed by atoms with Gasteiger partial charge in [0.25, 0.3) is 0 Å². The van der Waals surface area contributed by atoms with Crippen molar-refractivity contribution >= 4 is 0 Å². The fourth-order valence-corrected chi connectivity index (χ4v) is 5.21. The van der Waals surface area contributed by atoms with Gasteiger partial charge in [0, 0.05) is 12.5 Å². The monoisotopic (exact) mass is 504 g/mol. The topological polar surface area (TPSA) is 138 Å². The van der Waals surface area contributed by atoms with E-state index < -0.39 is 24.6 Å². The van der Waals surface area contributed by atoms with Crippen LogP contribution in [0.2, 0.25) is 0 Å². The number of hydrogen-bond acceptors (Lipinski definition) is 9. The van der Waals surface area contributed by atoms with Crippen LogP contribution < -0.4 is 9.47 Å². The van der Waals surface area contributed by atoms with E-state index >= 15 is 0 Å². The molecule has 7 atom stereocenters. The first-order chi connectivity index (χ1) is 17.2. The molecule has 9 nitrogen and oxygen atoms in total. The van der Waals surface area contributed by atoms with Crippen molar-refractivity contribution in [2.45, 2.75) is 56.9 Å². The SMILES string of the molecule is COc1cc(C2c3cc(OC(C)C)ccc3C[C@H](CO)[C@H]2CO[C@@H]2OC[C@@H](O)[C@H](O)[C@H]2O)ccc1O. The highest BCUT2D eigenvalue weighted by molar-refractivity contribution is 5.50. The molecule has 0 amide bonds. The van der Waals surface area contributed by atoms with Gasteiger partial charge in [0.1, 0.15) is 24.1 Å². The first-order valence-electron chi connectivity index (χ1n) is 12.3. The van der Waals surface area contributed by atoms with Crippen LogP contribution in [0.4, 0.5) is 0 Å². The third-order valence-electron chi connectivity index (χ3n) is 7.04. The van der Waals surface area contributed by atoms with Crippen molar-refractivity contribution in [1.82, 2.24) is 0 Å². The minimum absolute atomic E-state index is 0.00473. The Hall–Kier alpha value is -2.40. The summed E-state index contributed by atoms with van der Waals surface area (Å²) in [5.74, 6) is 0.405. The molecule has 4 rings (SSSR count). The van der Waals surface area contributed by atoms with Crippen LogP contribution in [-0.2, 0) is 15.9 Å². The molecule has 1 unspecified atom stereocenters. The second-order valence-corrected chi connectivity index (χ2v) is 9.83. The van der Waals surface area contributed by atoms with E-state index in [2.05, 4.69) is 0 Å². The van der Waals surface area contributed by atoms with Crippen LogP contribution in [0.15, 0.2) is 36.4 Å². The molecule has 0 saturated carbocycles. The highest BCUT2D eigenvalue weighted by Gasteiger charge is 2.42. The van der Waals surface area contributed by atoms with E-state index in [0.29, 0.717) is 12.2 Å². The van der Waals surface area contributed by atoms with Crippen LogP contribution in [0.5, 0.6) is 17.2 Å². The average molecular weight is 505 g/mol.